The molecule has 1 unspecified atom stereocenters. The van der Waals surface area contributed by atoms with E-state index in [2.05, 4.69) is 20.1 Å². The highest BCUT2D eigenvalue weighted by Crippen LogP contribution is 1.92. The van der Waals surface area contributed by atoms with Crippen molar-refractivity contribution in [3.63, 3.8) is 0 Å². The van der Waals surface area contributed by atoms with Gasteiger partial charge in [-0.25, -0.2) is 14.4 Å². The van der Waals surface area contributed by atoms with Gasteiger partial charge in [-0.15, -0.1) is 0 Å². The molecule has 8 nitrogen and oxygen atoms in total. The van der Waals surface area contributed by atoms with Crippen LogP contribution in [0.4, 0.5) is 9.59 Å². The van der Waals surface area contributed by atoms with Gasteiger partial charge in [-0.3, -0.25) is 0 Å². The number of amides is 2. The molecule has 0 aromatic rings. The number of carboxylic acids is 1. The lowest BCUT2D eigenvalue weighted by molar-refractivity contribution is -0.139. The molecule has 3 N–H and O–H groups in total. The first-order chi connectivity index (χ1) is 7.51. The molecule has 0 radical (unpaired) electrons. The molecule has 0 bridgehead atoms. The van der Waals surface area contributed by atoms with Gasteiger partial charge in [-0.05, 0) is 6.42 Å². The van der Waals surface area contributed by atoms with E-state index in [-0.39, 0.29) is 13.0 Å². The van der Waals surface area contributed by atoms with Gasteiger partial charge in [0.15, 0.2) is 0 Å². The number of carbonyl (C=O) groups excluding carboxylic acids is 2. The lowest BCUT2D eigenvalue weighted by Crippen LogP contribution is -2.43. The van der Waals surface area contributed by atoms with Crippen LogP contribution in [0.25, 0.3) is 0 Å². The second-order valence-electron chi connectivity index (χ2n) is 2.73. The number of ether oxygens (including phenoxy) is 2. The van der Waals surface area contributed by atoms with Crippen LogP contribution in [0.15, 0.2) is 0 Å². The van der Waals surface area contributed by atoms with Crippen molar-refractivity contribution in [1.29, 1.82) is 0 Å². The molecule has 0 rings (SSSR count). The van der Waals surface area contributed by atoms with Gasteiger partial charge in [0.05, 0.1) is 14.2 Å². The number of nitrogens with one attached hydrogen (secondary N) is 2. The van der Waals surface area contributed by atoms with Gasteiger partial charge in [0.2, 0.25) is 0 Å². The van der Waals surface area contributed by atoms with E-state index in [4.69, 9.17) is 5.11 Å². The molecular weight excluding hydrogens is 220 g/mol. The average Bonchev–Trinajstić information content (AvgIpc) is 2.26. The normalized spacial score (nSPS) is 11.1. The standard InChI is InChI=1S/C8H14N2O6/c1-15-7(13)9-4-3-5(6(11)12)10-8(14)16-2/h5H,3-4H2,1-2H3,(H,9,13)(H,10,14)(H,11,12). The fraction of sp³-hybridized carbons (Fsp3) is 0.625. The number of aliphatic carboxylic acids is 1. The van der Waals surface area contributed by atoms with E-state index in [1.165, 1.54) is 7.11 Å². The topological polar surface area (TPSA) is 114 Å². The molecule has 0 aliphatic rings. The van der Waals surface area contributed by atoms with Crippen molar-refractivity contribution in [3.05, 3.63) is 0 Å². The third-order valence-corrected chi connectivity index (χ3v) is 1.66. The SMILES string of the molecule is COC(=O)NCCC(NC(=O)OC)C(=O)O. The number of hydrogen-bond donors (Lipinski definition) is 3. The molecule has 0 aliphatic heterocycles. The zero-order valence-corrected chi connectivity index (χ0v) is 8.98. The van der Waals surface area contributed by atoms with Crippen molar-refractivity contribution in [2.24, 2.45) is 0 Å². The Kier molecular flexibility index (Phi) is 6.41. The molecule has 0 aromatic heterocycles. The number of rotatable bonds is 5. The Morgan fingerprint density at radius 1 is 1.19 bits per heavy atom. The van der Waals surface area contributed by atoms with Gasteiger partial charge < -0.3 is 25.2 Å². The highest BCUT2D eigenvalue weighted by Gasteiger charge is 2.19. The number of carbonyl (C=O) groups is 3. The van der Waals surface area contributed by atoms with Crippen LogP contribution in [-0.2, 0) is 14.3 Å². The second-order valence-corrected chi connectivity index (χ2v) is 2.73. The van der Waals surface area contributed by atoms with Crippen LogP contribution in [0.3, 0.4) is 0 Å². The molecule has 0 aromatic carbocycles. The molecule has 0 heterocycles. The van der Waals surface area contributed by atoms with E-state index in [9.17, 15) is 14.4 Å². The Balaban J connectivity index is 4.00. The fourth-order valence-corrected chi connectivity index (χ4v) is 0.849. The van der Waals surface area contributed by atoms with E-state index in [1.54, 1.807) is 0 Å². The first-order valence-electron chi connectivity index (χ1n) is 4.40. The maximum atomic E-state index is 10.8. The van der Waals surface area contributed by atoms with E-state index in [0.717, 1.165) is 7.11 Å². The third kappa shape index (κ3) is 5.68. The Hall–Kier alpha value is -1.99. The maximum Gasteiger partial charge on any atom is 0.407 e. The van der Waals surface area contributed by atoms with Gasteiger partial charge in [0.25, 0.3) is 0 Å². The summed E-state index contributed by atoms with van der Waals surface area (Å²) in [6.07, 6.45) is -1.48. The number of methoxy groups -OCH3 is 2. The molecule has 8 heteroatoms. The molecule has 0 spiro atoms. The van der Waals surface area contributed by atoms with E-state index >= 15 is 0 Å². The monoisotopic (exact) mass is 234 g/mol. The predicted octanol–water partition coefficient (Wildman–Crippen LogP) is -0.458. The maximum absolute atomic E-state index is 10.8. The minimum atomic E-state index is -1.21. The van der Waals surface area contributed by atoms with Crippen LogP contribution in [-0.4, -0.2) is 50.1 Å². The Morgan fingerprint density at radius 3 is 2.19 bits per heavy atom. The summed E-state index contributed by atoms with van der Waals surface area (Å²) in [6, 6.07) is -1.12. The van der Waals surface area contributed by atoms with Gasteiger partial charge >= 0.3 is 18.2 Å². The molecule has 0 fully saturated rings. The molecule has 0 aliphatic carbocycles. The molecule has 2 amide bonds. The quantitative estimate of drug-likeness (QED) is 0.593. The zero-order chi connectivity index (χ0) is 12.6. The highest BCUT2D eigenvalue weighted by molar-refractivity contribution is 5.79. The molecule has 92 valence electrons. The highest BCUT2D eigenvalue weighted by atomic mass is 16.5. The Bertz CT molecular complexity index is 267. The fourth-order valence-electron chi connectivity index (χ4n) is 0.849. The minimum absolute atomic E-state index is 0.0273. The number of carboxylic acid groups (broad SMARTS) is 1. The van der Waals surface area contributed by atoms with E-state index in [0.29, 0.717) is 0 Å². The Morgan fingerprint density at radius 2 is 1.75 bits per heavy atom. The van der Waals surface area contributed by atoms with E-state index < -0.39 is 24.2 Å². The van der Waals surface area contributed by atoms with Crippen molar-refractivity contribution in [2.75, 3.05) is 20.8 Å². The summed E-state index contributed by atoms with van der Waals surface area (Å²) >= 11 is 0. The van der Waals surface area contributed by atoms with Crippen LogP contribution in [0.5, 0.6) is 0 Å². The largest absolute Gasteiger partial charge is 0.480 e. The summed E-state index contributed by atoms with van der Waals surface area (Å²) in [5, 5.41) is 13.1. The molecule has 16 heavy (non-hydrogen) atoms. The van der Waals surface area contributed by atoms with Gasteiger partial charge in [0.1, 0.15) is 6.04 Å². The Labute approximate surface area is 91.9 Å². The number of hydrogen-bond acceptors (Lipinski definition) is 5. The van der Waals surface area contributed by atoms with Crippen molar-refractivity contribution < 1.29 is 29.0 Å². The summed E-state index contributed by atoms with van der Waals surface area (Å²) in [5.41, 5.74) is 0. The molecule has 1 atom stereocenters. The van der Waals surface area contributed by atoms with Gasteiger partial charge in [0, 0.05) is 6.54 Å². The summed E-state index contributed by atoms with van der Waals surface area (Å²) in [5.74, 6) is -1.21. The van der Waals surface area contributed by atoms with Crippen LogP contribution in [0, 0.1) is 0 Å². The lowest BCUT2D eigenvalue weighted by Gasteiger charge is -2.13. The van der Waals surface area contributed by atoms with Gasteiger partial charge in [-0.2, -0.15) is 0 Å². The van der Waals surface area contributed by atoms with Crippen LogP contribution < -0.4 is 10.6 Å². The van der Waals surface area contributed by atoms with Crippen LogP contribution >= 0.6 is 0 Å². The van der Waals surface area contributed by atoms with Crippen LogP contribution in [0.2, 0.25) is 0 Å². The zero-order valence-electron chi connectivity index (χ0n) is 8.98. The van der Waals surface area contributed by atoms with E-state index in [1.807, 2.05) is 0 Å². The first-order valence-corrected chi connectivity index (χ1v) is 4.40. The third-order valence-electron chi connectivity index (χ3n) is 1.66. The average molecular weight is 234 g/mol. The first kappa shape index (κ1) is 14.0. The van der Waals surface area contributed by atoms with Crippen molar-refractivity contribution in [3.8, 4) is 0 Å². The van der Waals surface area contributed by atoms with Crippen molar-refractivity contribution in [1.82, 2.24) is 10.6 Å². The van der Waals surface area contributed by atoms with Gasteiger partial charge in [-0.1, -0.05) is 0 Å². The molecular formula is C8H14N2O6. The second kappa shape index (κ2) is 7.32. The smallest absolute Gasteiger partial charge is 0.407 e. The summed E-state index contributed by atoms with van der Waals surface area (Å²) < 4.78 is 8.54. The lowest BCUT2D eigenvalue weighted by atomic mass is 10.2. The molecule has 0 saturated carbocycles. The van der Waals surface area contributed by atoms with Crippen LogP contribution in [0.1, 0.15) is 6.42 Å². The van der Waals surface area contributed by atoms with Crippen molar-refractivity contribution in [2.45, 2.75) is 12.5 Å². The summed E-state index contributed by atoms with van der Waals surface area (Å²) in [6.45, 7) is 0.0631. The predicted molar refractivity (Wildman–Crippen MR) is 52.0 cm³/mol. The molecule has 0 saturated heterocycles. The summed E-state index contributed by atoms with van der Waals surface area (Å²) in [7, 11) is 2.32. The summed E-state index contributed by atoms with van der Waals surface area (Å²) in [4.78, 5) is 32.1. The van der Waals surface area contributed by atoms with Crippen molar-refractivity contribution >= 4 is 18.2 Å². The minimum Gasteiger partial charge on any atom is -0.480 e. The number of alkyl carbamates (subject to hydrolysis) is 2.